The predicted molar refractivity (Wildman–Crippen MR) is 83.5 cm³/mol. The molecule has 3 rings (SSSR count). The second-order valence-electron chi connectivity index (χ2n) is 5.05. The van der Waals surface area contributed by atoms with E-state index in [9.17, 15) is 5.11 Å². The van der Waals surface area contributed by atoms with Gasteiger partial charge < -0.3 is 9.84 Å². The minimum atomic E-state index is -0.716. The zero-order valence-corrected chi connectivity index (χ0v) is 12.1. The van der Waals surface area contributed by atoms with Crippen LogP contribution >= 0.6 is 0 Å². The third-order valence-corrected chi connectivity index (χ3v) is 3.60. The Morgan fingerprint density at radius 1 is 1.05 bits per heavy atom. The van der Waals surface area contributed by atoms with Crippen LogP contribution in [0, 0.1) is 6.92 Å². The van der Waals surface area contributed by atoms with Crippen LogP contribution in [-0.2, 0) is 0 Å². The van der Waals surface area contributed by atoms with E-state index in [2.05, 4.69) is 4.98 Å². The van der Waals surface area contributed by atoms with Crippen LogP contribution in [0.3, 0.4) is 0 Å². The monoisotopic (exact) mass is 279 g/mol. The van der Waals surface area contributed by atoms with Crippen molar-refractivity contribution < 1.29 is 9.84 Å². The molecule has 0 aliphatic rings. The van der Waals surface area contributed by atoms with Gasteiger partial charge in [0.1, 0.15) is 11.9 Å². The summed E-state index contributed by atoms with van der Waals surface area (Å²) >= 11 is 0. The number of aryl methyl sites for hydroxylation is 1. The smallest absolute Gasteiger partial charge is 0.125 e. The molecule has 0 amide bonds. The molecule has 1 aromatic heterocycles. The Morgan fingerprint density at radius 2 is 1.86 bits per heavy atom. The molecule has 2 aromatic carbocycles. The molecule has 1 heterocycles. The molecule has 0 fully saturated rings. The van der Waals surface area contributed by atoms with Crippen molar-refractivity contribution in [2.75, 3.05) is 7.11 Å². The average molecular weight is 279 g/mol. The number of methoxy groups -OCH3 is 1. The Bertz CT molecular complexity index is 783. The summed E-state index contributed by atoms with van der Waals surface area (Å²) < 4.78 is 5.32. The molecule has 0 saturated carbocycles. The summed E-state index contributed by atoms with van der Waals surface area (Å²) in [4.78, 5) is 4.48. The average Bonchev–Trinajstić information content (AvgIpc) is 2.53. The van der Waals surface area contributed by atoms with E-state index in [-0.39, 0.29) is 0 Å². The molecule has 1 N–H and O–H groups in total. The Kier molecular flexibility index (Phi) is 3.59. The van der Waals surface area contributed by atoms with Gasteiger partial charge in [0.15, 0.2) is 0 Å². The second-order valence-corrected chi connectivity index (χ2v) is 5.05. The van der Waals surface area contributed by atoms with Gasteiger partial charge in [0, 0.05) is 16.6 Å². The number of hydrogen-bond donors (Lipinski definition) is 1. The van der Waals surface area contributed by atoms with E-state index in [1.807, 2.05) is 61.5 Å². The molecule has 0 aliphatic heterocycles. The van der Waals surface area contributed by atoms with Gasteiger partial charge in [0.2, 0.25) is 0 Å². The Labute approximate surface area is 123 Å². The molecule has 1 unspecified atom stereocenters. The summed E-state index contributed by atoms with van der Waals surface area (Å²) in [5.74, 6) is 0.687. The number of aliphatic hydroxyl groups is 1. The number of pyridine rings is 1. The van der Waals surface area contributed by atoms with Crippen molar-refractivity contribution >= 4 is 10.9 Å². The zero-order valence-electron chi connectivity index (χ0n) is 12.1. The molecular weight excluding hydrogens is 262 g/mol. The van der Waals surface area contributed by atoms with Gasteiger partial charge in [-0.15, -0.1) is 0 Å². The first kappa shape index (κ1) is 13.6. The quantitative estimate of drug-likeness (QED) is 0.796. The number of nitrogens with zero attached hydrogens (tertiary/aromatic N) is 1. The first-order valence-corrected chi connectivity index (χ1v) is 6.87. The lowest BCUT2D eigenvalue weighted by molar-refractivity contribution is 0.215. The molecule has 21 heavy (non-hydrogen) atoms. The van der Waals surface area contributed by atoms with Crippen LogP contribution in [0.1, 0.15) is 22.9 Å². The molecule has 3 heteroatoms. The SMILES string of the molecule is COc1ccccc1C(O)c1ccc2nc(C)ccc2c1. The maximum Gasteiger partial charge on any atom is 0.125 e. The Hall–Kier alpha value is -2.39. The van der Waals surface area contributed by atoms with Gasteiger partial charge in [-0.05, 0) is 36.8 Å². The van der Waals surface area contributed by atoms with Gasteiger partial charge in [0.25, 0.3) is 0 Å². The first-order valence-electron chi connectivity index (χ1n) is 6.87. The van der Waals surface area contributed by atoms with Gasteiger partial charge in [-0.1, -0.05) is 30.3 Å². The number of aromatic nitrogens is 1. The largest absolute Gasteiger partial charge is 0.496 e. The standard InChI is InChI=1S/C18H17NO2/c1-12-7-8-13-11-14(9-10-16(13)19-12)18(20)15-5-3-4-6-17(15)21-2/h3-11,18,20H,1-2H3. The highest BCUT2D eigenvalue weighted by Gasteiger charge is 2.15. The highest BCUT2D eigenvalue weighted by atomic mass is 16.5. The molecule has 0 radical (unpaired) electrons. The number of fused-ring (bicyclic) bond motifs is 1. The van der Waals surface area contributed by atoms with Crippen molar-refractivity contribution in [2.45, 2.75) is 13.0 Å². The van der Waals surface area contributed by atoms with Crippen molar-refractivity contribution in [1.82, 2.24) is 4.98 Å². The lowest BCUT2D eigenvalue weighted by atomic mass is 9.99. The van der Waals surface area contributed by atoms with Crippen LogP contribution < -0.4 is 4.74 Å². The van der Waals surface area contributed by atoms with E-state index in [1.165, 1.54) is 0 Å². The summed E-state index contributed by atoms with van der Waals surface area (Å²) in [6.07, 6.45) is -0.716. The van der Waals surface area contributed by atoms with E-state index < -0.39 is 6.10 Å². The molecule has 0 bridgehead atoms. The molecular formula is C18H17NO2. The third-order valence-electron chi connectivity index (χ3n) is 3.60. The van der Waals surface area contributed by atoms with Crippen LogP contribution in [-0.4, -0.2) is 17.2 Å². The number of ether oxygens (including phenoxy) is 1. The lowest BCUT2D eigenvalue weighted by Gasteiger charge is -2.15. The second kappa shape index (κ2) is 5.54. The molecule has 106 valence electrons. The van der Waals surface area contributed by atoms with Crippen LogP contribution in [0.25, 0.3) is 10.9 Å². The maximum atomic E-state index is 10.6. The fraction of sp³-hybridized carbons (Fsp3) is 0.167. The van der Waals surface area contributed by atoms with Gasteiger partial charge in [-0.3, -0.25) is 4.98 Å². The molecule has 0 saturated heterocycles. The van der Waals surface area contributed by atoms with Gasteiger partial charge in [0.05, 0.1) is 12.6 Å². The normalized spacial score (nSPS) is 12.3. The van der Waals surface area contributed by atoms with Gasteiger partial charge >= 0.3 is 0 Å². The number of hydrogen-bond acceptors (Lipinski definition) is 3. The van der Waals surface area contributed by atoms with Crippen molar-refractivity contribution in [3.63, 3.8) is 0 Å². The Morgan fingerprint density at radius 3 is 2.67 bits per heavy atom. The number of para-hydroxylation sites is 1. The number of benzene rings is 2. The zero-order chi connectivity index (χ0) is 14.8. The lowest BCUT2D eigenvalue weighted by Crippen LogP contribution is -2.02. The highest BCUT2D eigenvalue weighted by molar-refractivity contribution is 5.79. The first-order chi connectivity index (χ1) is 10.2. The van der Waals surface area contributed by atoms with E-state index in [1.54, 1.807) is 7.11 Å². The molecule has 0 aliphatic carbocycles. The number of aliphatic hydroxyl groups excluding tert-OH is 1. The summed E-state index contributed by atoms with van der Waals surface area (Å²) in [5.41, 5.74) is 3.52. The van der Waals surface area contributed by atoms with E-state index in [0.29, 0.717) is 5.75 Å². The summed E-state index contributed by atoms with van der Waals surface area (Å²) in [7, 11) is 1.61. The summed E-state index contributed by atoms with van der Waals surface area (Å²) in [6.45, 7) is 1.97. The van der Waals surface area contributed by atoms with E-state index >= 15 is 0 Å². The highest BCUT2D eigenvalue weighted by Crippen LogP contribution is 2.30. The van der Waals surface area contributed by atoms with Crippen LogP contribution in [0.15, 0.2) is 54.6 Å². The predicted octanol–water partition coefficient (Wildman–Crippen LogP) is 3.63. The molecule has 3 nitrogen and oxygen atoms in total. The molecule has 3 aromatic rings. The van der Waals surface area contributed by atoms with Crippen molar-refractivity contribution in [3.05, 3.63) is 71.4 Å². The van der Waals surface area contributed by atoms with Crippen molar-refractivity contribution in [1.29, 1.82) is 0 Å². The fourth-order valence-electron chi connectivity index (χ4n) is 2.49. The fourth-order valence-corrected chi connectivity index (χ4v) is 2.49. The van der Waals surface area contributed by atoms with Gasteiger partial charge in [-0.25, -0.2) is 0 Å². The van der Waals surface area contributed by atoms with Crippen LogP contribution in [0.4, 0.5) is 0 Å². The minimum absolute atomic E-state index is 0.687. The van der Waals surface area contributed by atoms with E-state index in [4.69, 9.17) is 4.74 Å². The van der Waals surface area contributed by atoms with Crippen molar-refractivity contribution in [3.8, 4) is 5.75 Å². The summed E-state index contributed by atoms with van der Waals surface area (Å²) in [5, 5.41) is 11.6. The minimum Gasteiger partial charge on any atom is -0.496 e. The summed E-state index contributed by atoms with van der Waals surface area (Å²) in [6, 6.07) is 17.3. The van der Waals surface area contributed by atoms with E-state index in [0.717, 1.165) is 27.7 Å². The molecule has 1 atom stereocenters. The van der Waals surface area contributed by atoms with Crippen LogP contribution in [0.5, 0.6) is 5.75 Å². The van der Waals surface area contributed by atoms with Crippen LogP contribution in [0.2, 0.25) is 0 Å². The molecule has 0 spiro atoms. The Balaban J connectivity index is 2.05. The van der Waals surface area contributed by atoms with Crippen molar-refractivity contribution in [2.24, 2.45) is 0 Å². The van der Waals surface area contributed by atoms with Gasteiger partial charge in [-0.2, -0.15) is 0 Å². The number of rotatable bonds is 3. The maximum absolute atomic E-state index is 10.6. The topological polar surface area (TPSA) is 42.4 Å². The third kappa shape index (κ3) is 2.60.